The average Bonchev–Trinajstić information content (AvgIpc) is 3.00. The van der Waals surface area contributed by atoms with Crippen LogP contribution in [0.1, 0.15) is 5.56 Å². The molecule has 6 nitrogen and oxygen atoms in total. The molecule has 3 heterocycles. The molecular weight excluding hydrogens is 374 g/mol. The van der Waals surface area contributed by atoms with E-state index < -0.39 is 9.05 Å². The van der Waals surface area contributed by atoms with Crippen molar-refractivity contribution < 1.29 is 8.42 Å². The number of halogens is 1. The number of hydrogen-bond donors (Lipinski definition) is 1. The highest BCUT2D eigenvalue weighted by Crippen LogP contribution is 2.33. The molecule has 0 aliphatic carbocycles. The first kappa shape index (κ1) is 15.6. The number of rotatable bonds is 1. The minimum atomic E-state index is -3.91. The van der Waals surface area contributed by atoms with Gasteiger partial charge in [-0.1, -0.05) is 18.2 Å². The minimum Gasteiger partial charge on any atom is -0.352 e. The molecule has 130 valence electrons. The van der Waals surface area contributed by atoms with E-state index in [1.54, 1.807) is 4.57 Å². The highest BCUT2D eigenvalue weighted by molar-refractivity contribution is 8.13. The number of para-hydroxylation sites is 1. The number of aromatic nitrogens is 3. The topological polar surface area (TPSA) is 84.8 Å². The molecule has 0 unspecified atom stereocenters. The number of fused-ring (bicyclic) bond motifs is 6. The lowest BCUT2D eigenvalue weighted by molar-refractivity contribution is 0.609. The van der Waals surface area contributed by atoms with Gasteiger partial charge in [0.1, 0.15) is 0 Å². The lowest BCUT2D eigenvalue weighted by Gasteiger charge is -2.18. The number of nitrogens with one attached hydrogen (secondary N) is 1. The van der Waals surface area contributed by atoms with E-state index in [1.165, 1.54) is 18.2 Å². The van der Waals surface area contributed by atoms with Crippen LogP contribution in [-0.2, 0) is 22.0 Å². The van der Waals surface area contributed by atoms with Crippen molar-refractivity contribution in [2.24, 2.45) is 0 Å². The first-order valence-electron chi connectivity index (χ1n) is 8.03. The Morgan fingerprint density at radius 2 is 1.92 bits per heavy atom. The lowest BCUT2D eigenvalue weighted by Crippen LogP contribution is -2.27. The molecule has 1 aliphatic rings. The second-order valence-corrected chi connectivity index (χ2v) is 8.85. The molecule has 2 aromatic carbocycles. The van der Waals surface area contributed by atoms with Crippen LogP contribution < -0.4 is 5.56 Å². The normalized spacial score (nSPS) is 13.7. The van der Waals surface area contributed by atoms with Gasteiger partial charge in [-0.05, 0) is 36.2 Å². The van der Waals surface area contributed by atoms with Gasteiger partial charge in [-0.2, -0.15) is 0 Å². The van der Waals surface area contributed by atoms with Crippen LogP contribution in [0.5, 0.6) is 0 Å². The van der Waals surface area contributed by atoms with Gasteiger partial charge in [-0.3, -0.25) is 9.36 Å². The first-order chi connectivity index (χ1) is 12.4. The van der Waals surface area contributed by atoms with Gasteiger partial charge in [0.05, 0.1) is 21.5 Å². The van der Waals surface area contributed by atoms with Gasteiger partial charge < -0.3 is 4.98 Å². The fourth-order valence-corrected chi connectivity index (χ4v) is 4.40. The van der Waals surface area contributed by atoms with Gasteiger partial charge in [0, 0.05) is 28.1 Å². The maximum absolute atomic E-state index is 12.9. The number of hydrogen-bond acceptors (Lipinski definition) is 4. The van der Waals surface area contributed by atoms with Gasteiger partial charge >= 0.3 is 0 Å². The van der Waals surface area contributed by atoms with E-state index in [2.05, 4.69) is 16.0 Å². The molecule has 4 aromatic rings. The summed E-state index contributed by atoms with van der Waals surface area (Å²) in [4.78, 5) is 20.8. The largest absolute Gasteiger partial charge is 0.352 e. The zero-order valence-electron chi connectivity index (χ0n) is 13.4. The Kier molecular flexibility index (Phi) is 3.11. The summed E-state index contributed by atoms with van der Waals surface area (Å²) in [6, 6.07) is 12.2. The predicted molar refractivity (Wildman–Crippen MR) is 100 cm³/mol. The standard InChI is InChI=1S/C18H12ClN3O3S/c19-26(24,25)10-5-6-15-13(9-10)18(23)22-8-7-12-11-3-1-2-4-14(11)20-16(12)17(22)21-15/h1-6,9,20H,7-8H2. The summed E-state index contributed by atoms with van der Waals surface area (Å²) < 4.78 is 24.7. The van der Waals surface area contributed by atoms with Crippen LogP contribution >= 0.6 is 10.7 Å². The Balaban J connectivity index is 1.84. The lowest BCUT2D eigenvalue weighted by atomic mass is 10.0. The summed E-state index contributed by atoms with van der Waals surface area (Å²) in [5.41, 5.74) is 3.16. The number of aromatic amines is 1. The van der Waals surface area contributed by atoms with Crippen molar-refractivity contribution in [3.63, 3.8) is 0 Å². The molecule has 0 saturated carbocycles. The van der Waals surface area contributed by atoms with E-state index in [1.807, 2.05) is 18.2 Å². The highest BCUT2D eigenvalue weighted by atomic mass is 35.7. The van der Waals surface area contributed by atoms with Crippen LogP contribution in [0.4, 0.5) is 0 Å². The number of aryl methyl sites for hydroxylation is 1. The Morgan fingerprint density at radius 3 is 2.73 bits per heavy atom. The van der Waals surface area contributed by atoms with E-state index in [0.717, 1.165) is 22.2 Å². The molecule has 0 saturated heterocycles. The van der Waals surface area contributed by atoms with Crippen molar-refractivity contribution in [3.8, 4) is 11.5 Å². The summed E-state index contributed by atoms with van der Waals surface area (Å²) in [6.07, 6.45) is 0.701. The van der Waals surface area contributed by atoms with E-state index in [4.69, 9.17) is 10.7 Å². The second kappa shape index (κ2) is 5.18. The van der Waals surface area contributed by atoms with Gasteiger partial charge in [0.15, 0.2) is 5.82 Å². The maximum Gasteiger partial charge on any atom is 0.261 e. The molecular formula is C18H12ClN3O3S. The van der Waals surface area contributed by atoms with Crippen molar-refractivity contribution in [1.82, 2.24) is 14.5 Å². The summed E-state index contributed by atoms with van der Waals surface area (Å²) in [6.45, 7) is 0.490. The molecule has 0 fully saturated rings. The van der Waals surface area contributed by atoms with E-state index in [0.29, 0.717) is 24.3 Å². The zero-order valence-corrected chi connectivity index (χ0v) is 14.9. The molecule has 0 spiro atoms. The van der Waals surface area contributed by atoms with Crippen LogP contribution in [0, 0.1) is 0 Å². The molecule has 26 heavy (non-hydrogen) atoms. The minimum absolute atomic E-state index is 0.103. The number of nitrogens with zero attached hydrogens (tertiary/aromatic N) is 2. The first-order valence-corrected chi connectivity index (χ1v) is 10.3. The number of benzene rings is 2. The molecule has 0 radical (unpaired) electrons. The Hall–Kier alpha value is -2.64. The molecule has 8 heteroatoms. The van der Waals surface area contributed by atoms with Crippen molar-refractivity contribution in [2.75, 3.05) is 0 Å². The quantitative estimate of drug-likeness (QED) is 0.510. The fourth-order valence-electron chi connectivity index (χ4n) is 3.62. The molecule has 1 aliphatic heterocycles. The average molecular weight is 386 g/mol. The van der Waals surface area contributed by atoms with Crippen molar-refractivity contribution in [3.05, 3.63) is 58.4 Å². The van der Waals surface area contributed by atoms with Crippen LogP contribution in [0.25, 0.3) is 33.3 Å². The Morgan fingerprint density at radius 1 is 1.12 bits per heavy atom. The third kappa shape index (κ3) is 2.14. The molecule has 0 bridgehead atoms. The van der Waals surface area contributed by atoms with Crippen LogP contribution in [0.2, 0.25) is 0 Å². The van der Waals surface area contributed by atoms with Crippen LogP contribution in [0.3, 0.4) is 0 Å². The molecule has 0 atom stereocenters. The van der Waals surface area contributed by atoms with Crippen molar-refractivity contribution >= 4 is 41.5 Å². The van der Waals surface area contributed by atoms with Gasteiger partial charge in [0.25, 0.3) is 14.6 Å². The summed E-state index contributed by atoms with van der Waals surface area (Å²) in [7, 11) is 1.50. The monoisotopic (exact) mass is 385 g/mol. The predicted octanol–water partition coefficient (Wildman–Crippen LogP) is 3.03. The number of H-pyrrole nitrogens is 1. The second-order valence-electron chi connectivity index (χ2n) is 6.28. The molecule has 1 N–H and O–H groups in total. The molecule has 0 amide bonds. The van der Waals surface area contributed by atoms with Crippen molar-refractivity contribution in [2.45, 2.75) is 17.9 Å². The summed E-state index contributed by atoms with van der Waals surface area (Å²) in [5.74, 6) is 0.571. The van der Waals surface area contributed by atoms with Gasteiger partial charge in [-0.15, -0.1) is 0 Å². The molecule has 2 aromatic heterocycles. The maximum atomic E-state index is 12.9. The van der Waals surface area contributed by atoms with Gasteiger partial charge in [0.2, 0.25) is 0 Å². The summed E-state index contributed by atoms with van der Waals surface area (Å²) >= 11 is 0. The Labute approximate surface area is 152 Å². The Bertz CT molecular complexity index is 1390. The van der Waals surface area contributed by atoms with Crippen LogP contribution in [0.15, 0.2) is 52.2 Å². The van der Waals surface area contributed by atoms with E-state index >= 15 is 0 Å². The molecule has 5 rings (SSSR count). The van der Waals surface area contributed by atoms with Gasteiger partial charge in [-0.25, -0.2) is 13.4 Å². The van der Waals surface area contributed by atoms with Crippen LogP contribution in [-0.4, -0.2) is 23.0 Å². The fraction of sp³-hybridized carbons (Fsp3) is 0.111. The summed E-state index contributed by atoms with van der Waals surface area (Å²) in [5, 5.41) is 1.38. The van der Waals surface area contributed by atoms with E-state index in [-0.39, 0.29) is 15.8 Å². The smallest absolute Gasteiger partial charge is 0.261 e. The third-order valence-corrected chi connectivity index (χ3v) is 6.18. The zero-order chi connectivity index (χ0) is 18.1. The van der Waals surface area contributed by atoms with Crippen molar-refractivity contribution in [1.29, 1.82) is 0 Å². The highest BCUT2D eigenvalue weighted by Gasteiger charge is 2.24. The SMILES string of the molecule is O=c1c2cc(S(=O)(=O)Cl)ccc2nc2n1CCc1c-2[nH]c2ccccc12. The van der Waals surface area contributed by atoms with E-state index in [9.17, 15) is 13.2 Å². The third-order valence-electron chi connectivity index (χ3n) is 4.83.